The molecule has 0 fully saturated rings. The molecule has 0 aliphatic carbocycles. The maximum atomic E-state index is 11.6. The van der Waals surface area contributed by atoms with E-state index in [0.29, 0.717) is 11.3 Å². The minimum absolute atomic E-state index is 0.0145. The molecule has 5 nitrogen and oxygen atoms in total. The van der Waals surface area contributed by atoms with E-state index < -0.39 is 5.69 Å². The van der Waals surface area contributed by atoms with Gasteiger partial charge in [0.1, 0.15) is 5.37 Å². The van der Waals surface area contributed by atoms with E-state index in [1.165, 1.54) is 4.57 Å². The second-order valence-corrected chi connectivity index (χ2v) is 4.77. The lowest BCUT2D eigenvalue weighted by Crippen LogP contribution is -2.31. The van der Waals surface area contributed by atoms with Crippen molar-refractivity contribution in [3.05, 3.63) is 44.2 Å². The number of rotatable bonds is 2. The number of aryl methyl sites for hydroxylation is 1. The second-order valence-electron chi connectivity index (χ2n) is 3.66. The van der Waals surface area contributed by atoms with Crippen molar-refractivity contribution in [3.63, 3.8) is 0 Å². The van der Waals surface area contributed by atoms with E-state index in [2.05, 4.69) is 4.98 Å². The number of aromatic nitrogens is 2. The van der Waals surface area contributed by atoms with E-state index in [0.717, 1.165) is 5.57 Å². The number of hydrogen-bond donors (Lipinski definition) is 2. The van der Waals surface area contributed by atoms with Gasteiger partial charge in [0.15, 0.2) is 0 Å². The highest BCUT2D eigenvalue weighted by atomic mass is 32.2. The summed E-state index contributed by atoms with van der Waals surface area (Å²) < 4.78 is 1.48. The molecule has 2 N–H and O–H groups in total. The van der Waals surface area contributed by atoms with Gasteiger partial charge in [-0.3, -0.25) is 14.3 Å². The van der Waals surface area contributed by atoms with Gasteiger partial charge < -0.3 is 5.11 Å². The van der Waals surface area contributed by atoms with Crippen LogP contribution >= 0.6 is 11.8 Å². The molecule has 0 radical (unpaired) electrons. The van der Waals surface area contributed by atoms with Gasteiger partial charge in [0.05, 0.1) is 6.61 Å². The first-order valence-electron chi connectivity index (χ1n) is 4.86. The quantitative estimate of drug-likeness (QED) is 0.714. The van der Waals surface area contributed by atoms with Crippen molar-refractivity contribution in [1.29, 1.82) is 0 Å². The van der Waals surface area contributed by atoms with Gasteiger partial charge in [-0.15, -0.1) is 11.8 Å². The van der Waals surface area contributed by atoms with Crippen LogP contribution in [0.5, 0.6) is 0 Å². The molecule has 1 aliphatic heterocycles. The van der Waals surface area contributed by atoms with Crippen LogP contribution < -0.4 is 11.2 Å². The fourth-order valence-corrected chi connectivity index (χ4v) is 2.70. The molecule has 1 aromatic rings. The Morgan fingerprint density at radius 1 is 1.62 bits per heavy atom. The lowest BCUT2D eigenvalue weighted by Gasteiger charge is -2.10. The molecule has 6 heteroatoms. The Balaban J connectivity index is 2.43. The van der Waals surface area contributed by atoms with Gasteiger partial charge in [-0.25, -0.2) is 4.79 Å². The Kier molecular flexibility index (Phi) is 3.02. The standard InChI is InChI=1S/C10H12N2O3S/c1-6-3-12(10(15)11-9(6)14)8-2-7(4-13)5-16-8/h2-3,8,13H,4-5H2,1H3,(H,11,14,15)/t8-/m1/s1. The van der Waals surface area contributed by atoms with Crippen LogP contribution in [-0.4, -0.2) is 27.0 Å². The number of aromatic amines is 1. The average Bonchev–Trinajstić information content (AvgIpc) is 2.71. The molecule has 0 aromatic carbocycles. The van der Waals surface area contributed by atoms with E-state index in [1.54, 1.807) is 24.9 Å². The normalized spacial score (nSPS) is 19.9. The fraction of sp³-hybridized carbons (Fsp3) is 0.400. The lowest BCUT2D eigenvalue weighted by atomic mass is 10.3. The van der Waals surface area contributed by atoms with E-state index in [9.17, 15) is 9.59 Å². The molecule has 1 atom stereocenters. The second kappa shape index (κ2) is 4.31. The van der Waals surface area contributed by atoms with Crippen LogP contribution in [-0.2, 0) is 0 Å². The Labute approximate surface area is 95.8 Å². The number of thioether (sulfide) groups is 1. The molecule has 86 valence electrons. The van der Waals surface area contributed by atoms with Gasteiger partial charge in [-0.05, 0) is 18.6 Å². The van der Waals surface area contributed by atoms with Crippen LogP contribution in [0, 0.1) is 6.92 Å². The van der Waals surface area contributed by atoms with Crippen molar-refractivity contribution >= 4 is 11.8 Å². The van der Waals surface area contributed by atoms with Crippen molar-refractivity contribution in [1.82, 2.24) is 9.55 Å². The number of nitrogens with one attached hydrogen (secondary N) is 1. The maximum Gasteiger partial charge on any atom is 0.329 e. The van der Waals surface area contributed by atoms with Gasteiger partial charge in [-0.1, -0.05) is 0 Å². The third-order valence-corrected chi connectivity index (χ3v) is 3.68. The average molecular weight is 240 g/mol. The zero-order valence-corrected chi connectivity index (χ0v) is 9.58. The Hall–Kier alpha value is -1.27. The molecule has 0 saturated carbocycles. The fourth-order valence-electron chi connectivity index (χ4n) is 1.52. The number of aliphatic hydroxyl groups is 1. The van der Waals surface area contributed by atoms with Crippen molar-refractivity contribution < 1.29 is 5.11 Å². The van der Waals surface area contributed by atoms with E-state index in [-0.39, 0.29) is 17.5 Å². The molecule has 1 aromatic heterocycles. The Morgan fingerprint density at radius 3 is 3.00 bits per heavy atom. The van der Waals surface area contributed by atoms with Crippen molar-refractivity contribution in [3.8, 4) is 0 Å². The first-order valence-corrected chi connectivity index (χ1v) is 5.91. The molecular formula is C10H12N2O3S. The van der Waals surface area contributed by atoms with Crippen molar-refractivity contribution in [2.45, 2.75) is 12.3 Å². The van der Waals surface area contributed by atoms with Crippen LogP contribution in [0.4, 0.5) is 0 Å². The highest BCUT2D eigenvalue weighted by molar-refractivity contribution is 7.99. The first kappa shape index (κ1) is 11.2. The maximum absolute atomic E-state index is 11.6. The summed E-state index contributed by atoms with van der Waals surface area (Å²) in [7, 11) is 0. The minimum Gasteiger partial charge on any atom is -0.392 e. The van der Waals surface area contributed by atoms with Crippen LogP contribution in [0.1, 0.15) is 10.9 Å². The van der Waals surface area contributed by atoms with Crippen molar-refractivity contribution in [2.75, 3.05) is 12.4 Å². The van der Waals surface area contributed by atoms with E-state index >= 15 is 0 Å². The van der Waals surface area contributed by atoms with Gasteiger partial charge in [-0.2, -0.15) is 0 Å². The summed E-state index contributed by atoms with van der Waals surface area (Å²) in [6.45, 7) is 1.67. The molecule has 2 heterocycles. The highest BCUT2D eigenvalue weighted by Gasteiger charge is 2.18. The zero-order chi connectivity index (χ0) is 11.7. The predicted octanol–water partition coefficient (Wildman–Crippen LogP) is 0.00912. The van der Waals surface area contributed by atoms with Crippen molar-refractivity contribution in [2.24, 2.45) is 0 Å². The number of hydrogen-bond acceptors (Lipinski definition) is 4. The zero-order valence-electron chi connectivity index (χ0n) is 8.77. The molecule has 0 saturated heterocycles. The molecule has 2 rings (SSSR count). The van der Waals surface area contributed by atoms with Gasteiger partial charge in [0.2, 0.25) is 0 Å². The Morgan fingerprint density at radius 2 is 2.38 bits per heavy atom. The smallest absolute Gasteiger partial charge is 0.329 e. The number of H-pyrrole nitrogens is 1. The van der Waals surface area contributed by atoms with Crippen LogP contribution in [0.2, 0.25) is 0 Å². The summed E-state index contributed by atoms with van der Waals surface area (Å²) in [6, 6.07) is 0. The lowest BCUT2D eigenvalue weighted by molar-refractivity contribution is 0.332. The molecule has 0 bridgehead atoms. The predicted molar refractivity (Wildman–Crippen MR) is 62.7 cm³/mol. The van der Waals surface area contributed by atoms with Crippen LogP contribution in [0.3, 0.4) is 0 Å². The summed E-state index contributed by atoms with van der Waals surface area (Å²) in [4.78, 5) is 25.0. The largest absolute Gasteiger partial charge is 0.392 e. The highest BCUT2D eigenvalue weighted by Crippen LogP contribution is 2.32. The van der Waals surface area contributed by atoms with E-state index in [1.807, 2.05) is 6.08 Å². The molecule has 16 heavy (non-hydrogen) atoms. The van der Waals surface area contributed by atoms with Gasteiger partial charge >= 0.3 is 5.69 Å². The molecule has 0 amide bonds. The molecular weight excluding hydrogens is 228 g/mol. The molecule has 0 unspecified atom stereocenters. The summed E-state index contributed by atoms with van der Waals surface area (Å²) in [5, 5.41) is 8.84. The van der Waals surface area contributed by atoms with Crippen LogP contribution in [0.25, 0.3) is 0 Å². The van der Waals surface area contributed by atoms with Crippen LogP contribution in [0.15, 0.2) is 27.4 Å². The summed E-state index contributed by atoms with van der Waals surface area (Å²) in [5.41, 5.74) is 0.649. The summed E-state index contributed by atoms with van der Waals surface area (Å²) in [6.07, 6.45) is 3.40. The third-order valence-electron chi connectivity index (χ3n) is 2.44. The first-order chi connectivity index (χ1) is 7.61. The van der Waals surface area contributed by atoms with E-state index in [4.69, 9.17) is 5.11 Å². The number of aliphatic hydroxyl groups excluding tert-OH is 1. The van der Waals surface area contributed by atoms with Gasteiger partial charge in [0, 0.05) is 17.5 Å². The monoisotopic (exact) mass is 240 g/mol. The SMILES string of the molecule is Cc1cn([C@H]2C=C(CO)CS2)c(=O)[nH]c1=O. The minimum atomic E-state index is -0.413. The summed E-state index contributed by atoms with van der Waals surface area (Å²) >= 11 is 1.55. The topological polar surface area (TPSA) is 75.1 Å². The molecule has 0 spiro atoms. The Bertz CT molecular complexity index is 544. The molecule has 1 aliphatic rings. The number of nitrogens with zero attached hydrogens (tertiary/aromatic N) is 1. The summed E-state index contributed by atoms with van der Waals surface area (Å²) in [5.74, 6) is 0.714. The van der Waals surface area contributed by atoms with Gasteiger partial charge in [0.25, 0.3) is 5.56 Å². The third kappa shape index (κ3) is 1.98.